The highest BCUT2D eigenvalue weighted by atomic mass is 16.5. The van der Waals surface area contributed by atoms with Gasteiger partial charge in [-0.25, -0.2) is 0 Å². The van der Waals surface area contributed by atoms with Crippen LogP contribution >= 0.6 is 0 Å². The summed E-state index contributed by atoms with van der Waals surface area (Å²) in [6.45, 7) is 8.00. The Morgan fingerprint density at radius 3 is 2.79 bits per heavy atom. The molecule has 0 radical (unpaired) electrons. The molecular weight excluding hydrogens is 180 g/mol. The van der Waals surface area contributed by atoms with Crippen molar-refractivity contribution in [2.75, 3.05) is 19.7 Å². The van der Waals surface area contributed by atoms with E-state index >= 15 is 0 Å². The topological polar surface area (TPSA) is 50.4 Å². The van der Waals surface area contributed by atoms with Crippen LogP contribution in [0.3, 0.4) is 0 Å². The number of ether oxygens (including phenoxy) is 1. The molecule has 1 heterocycles. The lowest BCUT2D eigenvalue weighted by Crippen LogP contribution is -2.41. The minimum Gasteiger partial charge on any atom is -0.369 e. The molecule has 0 bridgehead atoms. The predicted octanol–water partition coefficient (Wildman–Crippen LogP) is 0.136. The van der Waals surface area contributed by atoms with Crippen LogP contribution in [0, 0.1) is 5.92 Å². The third kappa shape index (κ3) is 3.64. The molecule has 0 aliphatic carbocycles. The molecule has 82 valence electrons. The van der Waals surface area contributed by atoms with Gasteiger partial charge in [-0.1, -0.05) is 6.92 Å². The molecular formula is C10H20N2O2. The number of carbonyl (C=O) groups is 1. The maximum Gasteiger partial charge on any atom is 0.246 e. The minimum atomic E-state index is -0.0146. The van der Waals surface area contributed by atoms with E-state index in [-0.39, 0.29) is 24.7 Å². The van der Waals surface area contributed by atoms with Gasteiger partial charge in [0.15, 0.2) is 0 Å². The van der Waals surface area contributed by atoms with E-state index in [1.54, 1.807) is 0 Å². The van der Waals surface area contributed by atoms with Crippen molar-refractivity contribution >= 4 is 5.91 Å². The monoisotopic (exact) mass is 200 g/mol. The SMILES string of the molecule is CC(C)OCC(=O)NC1CNCC1C. The smallest absolute Gasteiger partial charge is 0.246 e. The van der Waals surface area contributed by atoms with E-state index in [2.05, 4.69) is 17.6 Å². The number of hydrogen-bond donors (Lipinski definition) is 2. The summed E-state index contributed by atoms with van der Waals surface area (Å²) in [5.41, 5.74) is 0. The number of carbonyl (C=O) groups excluding carboxylic acids is 1. The first kappa shape index (κ1) is 11.5. The van der Waals surface area contributed by atoms with Crippen molar-refractivity contribution < 1.29 is 9.53 Å². The van der Waals surface area contributed by atoms with Crippen LogP contribution in [0.5, 0.6) is 0 Å². The molecule has 2 atom stereocenters. The van der Waals surface area contributed by atoms with Gasteiger partial charge in [0.05, 0.1) is 6.10 Å². The number of rotatable bonds is 4. The fraction of sp³-hybridized carbons (Fsp3) is 0.900. The molecule has 2 N–H and O–H groups in total. The molecule has 4 nitrogen and oxygen atoms in total. The lowest BCUT2D eigenvalue weighted by atomic mass is 10.1. The molecule has 0 aromatic heterocycles. The van der Waals surface area contributed by atoms with E-state index < -0.39 is 0 Å². The van der Waals surface area contributed by atoms with Crippen LogP contribution in [-0.2, 0) is 9.53 Å². The van der Waals surface area contributed by atoms with Crippen LogP contribution in [0.4, 0.5) is 0 Å². The zero-order chi connectivity index (χ0) is 10.6. The Kier molecular flexibility index (Phi) is 4.35. The summed E-state index contributed by atoms with van der Waals surface area (Å²) in [6.07, 6.45) is 0.111. The van der Waals surface area contributed by atoms with Crippen LogP contribution in [-0.4, -0.2) is 37.7 Å². The average molecular weight is 200 g/mol. The Morgan fingerprint density at radius 1 is 1.57 bits per heavy atom. The van der Waals surface area contributed by atoms with Crippen molar-refractivity contribution in [1.29, 1.82) is 0 Å². The predicted molar refractivity (Wildman–Crippen MR) is 55.1 cm³/mol. The van der Waals surface area contributed by atoms with Crippen molar-refractivity contribution in [1.82, 2.24) is 10.6 Å². The van der Waals surface area contributed by atoms with E-state index in [9.17, 15) is 4.79 Å². The lowest BCUT2D eigenvalue weighted by molar-refractivity contribution is -0.127. The van der Waals surface area contributed by atoms with Crippen LogP contribution in [0.25, 0.3) is 0 Å². The molecule has 0 aromatic carbocycles. The van der Waals surface area contributed by atoms with Gasteiger partial charge in [-0.3, -0.25) is 4.79 Å². The van der Waals surface area contributed by atoms with Gasteiger partial charge in [0.25, 0.3) is 0 Å². The zero-order valence-corrected chi connectivity index (χ0v) is 9.17. The summed E-state index contributed by atoms with van der Waals surface area (Å²) in [7, 11) is 0. The van der Waals surface area contributed by atoms with Gasteiger partial charge >= 0.3 is 0 Å². The van der Waals surface area contributed by atoms with Crippen molar-refractivity contribution in [3.8, 4) is 0 Å². The van der Waals surface area contributed by atoms with Crippen molar-refractivity contribution in [3.63, 3.8) is 0 Å². The van der Waals surface area contributed by atoms with E-state index in [1.807, 2.05) is 13.8 Å². The molecule has 1 aliphatic heterocycles. The maximum absolute atomic E-state index is 11.4. The van der Waals surface area contributed by atoms with E-state index in [0.29, 0.717) is 5.92 Å². The van der Waals surface area contributed by atoms with Gasteiger partial charge < -0.3 is 15.4 Å². The Morgan fingerprint density at radius 2 is 2.29 bits per heavy atom. The molecule has 1 amide bonds. The number of nitrogens with one attached hydrogen (secondary N) is 2. The molecule has 1 aliphatic rings. The normalized spacial score (nSPS) is 26.9. The highest BCUT2D eigenvalue weighted by molar-refractivity contribution is 5.77. The maximum atomic E-state index is 11.4. The third-order valence-corrected chi connectivity index (χ3v) is 2.41. The summed E-state index contributed by atoms with van der Waals surface area (Å²) in [6, 6.07) is 0.262. The van der Waals surface area contributed by atoms with Gasteiger partial charge in [0.2, 0.25) is 5.91 Å². The van der Waals surface area contributed by atoms with Gasteiger partial charge in [-0.15, -0.1) is 0 Å². The quantitative estimate of drug-likeness (QED) is 0.678. The Labute approximate surface area is 85.4 Å². The summed E-state index contributed by atoms with van der Waals surface area (Å²) in [4.78, 5) is 11.4. The molecule has 14 heavy (non-hydrogen) atoms. The van der Waals surface area contributed by atoms with Crippen LogP contribution in [0.2, 0.25) is 0 Å². The largest absolute Gasteiger partial charge is 0.369 e. The fourth-order valence-electron chi connectivity index (χ4n) is 1.49. The second-order valence-corrected chi connectivity index (χ2v) is 4.17. The highest BCUT2D eigenvalue weighted by Crippen LogP contribution is 2.06. The first-order chi connectivity index (χ1) is 6.59. The van der Waals surface area contributed by atoms with Crippen molar-refractivity contribution in [2.45, 2.75) is 32.9 Å². The Bertz CT molecular complexity index is 195. The molecule has 0 saturated carbocycles. The van der Waals surface area contributed by atoms with E-state index in [1.165, 1.54) is 0 Å². The van der Waals surface area contributed by atoms with Crippen LogP contribution < -0.4 is 10.6 Å². The summed E-state index contributed by atoms with van der Waals surface area (Å²) in [5.74, 6) is 0.497. The second-order valence-electron chi connectivity index (χ2n) is 4.17. The highest BCUT2D eigenvalue weighted by Gasteiger charge is 2.24. The molecule has 0 aromatic rings. The van der Waals surface area contributed by atoms with Gasteiger partial charge in [0.1, 0.15) is 6.61 Å². The Hall–Kier alpha value is -0.610. The zero-order valence-electron chi connectivity index (χ0n) is 9.17. The Balaban J connectivity index is 2.19. The van der Waals surface area contributed by atoms with Crippen LogP contribution in [0.1, 0.15) is 20.8 Å². The van der Waals surface area contributed by atoms with Crippen LogP contribution in [0.15, 0.2) is 0 Å². The first-order valence-electron chi connectivity index (χ1n) is 5.21. The molecule has 0 spiro atoms. The number of amides is 1. The fourth-order valence-corrected chi connectivity index (χ4v) is 1.49. The lowest BCUT2D eigenvalue weighted by Gasteiger charge is -2.16. The molecule has 4 heteroatoms. The summed E-state index contributed by atoms with van der Waals surface area (Å²) in [5, 5.41) is 6.19. The number of hydrogen-bond acceptors (Lipinski definition) is 3. The second kappa shape index (κ2) is 5.32. The first-order valence-corrected chi connectivity index (χ1v) is 5.21. The molecule has 1 saturated heterocycles. The minimum absolute atomic E-state index is 0.0146. The third-order valence-electron chi connectivity index (χ3n) is 2.41. The van der Waals surface area contributed by atoms with Crippen molar-refractivity contribution in [3.05, 3.63) is 0 Å². The molecule has 2 unspecified atom stereocenters. The van der Waals surface area contributed by atoms with Gasteiger partial charge in [-0.05, 0) is 26.3 Å². The average Bonchev–Trinajstić information content (AvgIpc) is 2.49. The van der Waals surface area contributed by atoms with Crippen molar-refractivity contribution in [2.24, 2.45) is 5.92 Å². The standard InChI is InChI=1S/C10H20N2O2/c1-7(2)14-6-10(13)12-9-5-11-4-8(9)3/h7-9,11H,4-6H2,1-3H3,(H,12,13). The molecule has 1 rings (SSSR count). The van der Waals surface area contributed by atoms with E-state index in [4.69, 9.17) is 4.74 Å². The molecule has 1 fully saturated rings. The van der Waals surface area contributed by atoms with Gasteiger partial charge in [0, 0.05) is 12.6 Å². The van der Waals surface area contributed by atoms with Gasteiger partial charge in [-0.2, -0.15) is 0 Å². The van der Waals surface area contributed by atoms with E-state index in [0.717, 1.165) is 13.1 Å². The summed E-state index contributed by atoms with van der Waals surface area (Å²) >= 11 is 0. The summed E-state index contributed by atoms with van der Waals surface area (Å²) < 4.78 is 5.22.